The quantitative estimate of drug-likeness (QED) is 0.760. The first-order valence-electron chi connectivity index (χ1n) is 9.63. The van der Waals surface area contributed by atoms with E-state index in [0.29, 0.717) is 12.4 Å². The highest BCUT2D eigenvalue weighted by molar-refractivity contribution is 7.92. The van der Waals surface area contributed by atoms with Crippen LogP contribution in [0.25, 0.3) is 6.08 Å². The van der Waals surface area contributed by atoms with Gasteiger partial charge in [-0.25, -0.2) is 8.42 Å². The molecule has 3 rings (SSSR count). The first-order valence-corrected chi connectivity index (χ1v) is 11.3. The summed E-state index contributed by atoms with van der Waals surface area (Å²) in [6, 6.07) is 3.97. The number of phenolic OH excluding ortho intramolecular Hbond substituents is 1. The summed E-state index contributed by atoms with van der Waals surface area (Å²) in [6.45, 7) is 10.3. The van der Waals surface area contributed by atoms with Gasteiger partial charge in [-0.05, 0) is 79.5 Å². The maximum atomic E-state index is 12.4. The van der Waals surface area contributed by atoms with Crippen LogP contribution in [0, 0.1) is 19.8 Å². The fourth-order valence-electron chi connectivity index (χ4n) is 4.23. The van der Waals surface area contributed by atoms with Gasteiger partial charge in [-0.1, -0.05) is 25.5 Å². The Hall–Kier alpha value is -1.59. The zero-order valence-corrected chi connectivity index (χ0v) is 17.7. The van der Waals surface area contributed by atoms with Crippen molar-refractivity contribution in [1.29, 1.82) is 0 Å². The molecule has 27 heavy (non-hydrogen) atoms. The van der Waals surface area contributed by atoms with E-state index in [1.54, 1.807) is 0 Å². The molecule has 0 amide bonds. The number of phenols is 1. The maximum Gasteiger partial charge on any atom is 0.163 e. The van der Waals surface area contributed by atoms with Gasteiger partial charge in [0, 0.05) is 0 Å². The van der Waals surface area contributed by atoms with E-state index >= 15 is 0 Å². The third kappa shape index (κ3) is 3.99. The molecule has 1 saturated heterocycles. The molecule has 2 aliphatic heterocycles. The standard InChI is InChI=1S/C22H30O4S/c1-13(2)18-12-27(24,25)20-11-26-19(21(18)20)7-6-14(3)8-17-9-15(4)22(23)16(5)10-17/h8-10,13,19-20,23H,6-7,11-12H2,1-5H3/b14-8+/t19-,20+/m1/s1. The second-order valence-corrected chi connectivity index (χ2v) is 10.5. The van der Waals surface area contributed by atoms with E-state index in [1.807, 2.05) is 26.0 Å². The topological polar surface area (TPSA) is 63.6 Å². The number of fused-ring (bicyclic) bond motifs is 1. The third-order valence-corrected chi connectivity index (χ3v) is 7.70. The van der Waals surface area contributed by atoms with Gasteiger partial charge in [0.15, 0.2) is 9.84 Å². The van der Waals surface area contributed by atoms with Gasteiger partial charge < -0.3 is 9.84 Å². The van der Waals surface area contributed by atoms with E-state index in [0.717, 1.165) is 40.7 Å². The molecule has 4 nitrogen and oxygen atoms in total. The Morgan fingerprint density at radius 2 is 1.93 bits per heavy atom. The van der Waals surface area contributed by atoms with Crippen LogP contribution in [0.1, 0.15) is 50.3 Å². The summed E-state index contributed by atoms with van der Waals surface area (Å²) in [7, 11) is -3.09. The summed E-state index contributed by atoms with van der Waals surface area (Å²) >= 11 is 0. The smallest absolute Gasteiger partial charge is 0.163 e. The van der Waals surface area contributed by atoms with E-state index < -0.39 is 15.1 Å². The van der Waals surface area contributed by atoms with Gasteiger partial charge >= 0.3 is 0 Å². The normalized spacial score (nSPS) is 24.7. The molecule has 0 radical (unpaired) electrons. The first kappa shape index (κ1) is 20.2. The van der Waals surface area contributed by atoms with Crippen LogP contribution in [0.5, 0.6) is 5.75 Å². The van der Waals surface area contributed by atoms with E-state index in [-0.39, 0.29) is 17.8 Å². The number of benzene rings is 1. The molecular formula is C22H30O4S. The van der Waals surface area contributed by atoms with Crippen molar-refractivity contribution in [2.24, 2.45) is 5.92 Å². The van der Waals surface area contributed by atoms with Crippen molar-refractivity contribution in [3.05, 3.63) is 45.5 Å². The lowest BCUT2D eigenvalue weighted by Crippen LogP contribution is -2.19. The number of sulfone groups is 1. The fourth-order valence-corrected chi connectivity index (χ4v) is 6.34. The Bertz CT molecular complexity index is 883. The zero-order valence-electron chi connectivity index (χ0n) is 16.9. The number of ether oxygens (including phenoxy) is 1. The summed E-state index contributed by atoms with van der Waals surface area (Å²) in [5, 5.41) is 9.49. The van der Waals surface area contributed by atoms with E-state index in [1.165, 1.54) is 5.57 Å². The Labute approximate surface area is 162 Å². The molecule has 0 aliphatic carbocycles. The number of aryl methyl sites for hydroxylation is 2. The minimum Gasteiger partial charge on any atom is -0.507 e. The molecule has 148 valence electrons. The SMILES string of the molecule is C/C(=C\c1cc(C)c(O)c(C)c1)CC[C@H]1OC[C@H]2C1=C(C(C)C)CS2(=O)=O. The van der Waals surface area contributed by atoms with Crippen molar-refractivity contribution < 1.29 is 18.3 Å². The van der Waals surface area contributed by atoms with Crippen molar-refractivity contribution in [3.8, 4) is 5.75 Å². The Morgan fingerprint density at radius 3 is 2.52 bits per heavy atom. The second-order valence-electron chi connectivity index (χ2n) is 8.29. The maximum absolute atomic E-state index is 12.4. The number of hydrogen-bond donors (Lipinski definition) is 1. The summed E-state index contributed by atoms with van der Waals surface area (Å²) in [6.07, 6.45) is 3.70. The van der Waals surface area contributed by atoms with Gasteiger partial charge in [0.25, 0.3) is 0 Å². The molecule has 2 aliphatic rings. The molecule has 5 heteroatoms. The Kier molecular flexibility index (Phi) is 5.55. The van der Waals surface area contributed by atoms with Crippen LogP contribution in [0.2, 0.25) is 0 Å². The monoisotopic (exact) mass is 390 g/mol. The summed E-state index contributed by atoms with van der Waals surface area (Å²) in [5.74, 6) is 0.792. The highest BCUT2D eigenvalue weighted by Crippen LogP contribution is 2.40. The van der Waals surface area contributed by atoms with Crippen LogP contribution in [0.3, 0.4) is 0 Å². The molecule has 0 spiro atoms. The van der Waals surface area contributed by atoms with Crippen molar-refractivity contribution >= 4 is 15.9 Å². The van der Waals surface area contributed by atoms with E-state index in [9.17, 15) is 13.5 Å². The number of allylic oxidation sites excluding steroid dienone is 1. The van der Waals surface area contributed by atoms with Gasteiger partial charge in [0.05, 0.1) is 18.5 Å². The lowest BCUT2D eigenvalue weighted by Gasteiger charge is -2.16. The predicted molar refractivity (Wildman–Crippen MR) is 110 cm³/mol. The van der Waals surface area contributed by atoms with Crippen LogP contribution in [-0.2, 0) is 14.6 Å². The molecule has 1 aromatic carbocycles. The van der Waals surface area contributed by atoms with Crippen LogP contribution in [-0.4, -0.2) is 37.2 Å². The molecule has 1 N–H and O–H groups in total. The molecule has 0 unspecified atom stereocenters. The third-order valence-electron chi connectivity index (χ3n) is 5.73. The van der Waals surface area contributed by atoms with Crippen LogP contribution in [0.4, 0.5) is 0 Å². The highest BCUT2D eigenvalue weighted by atomic mass is 32.2. The molecular weight excluding hydrogens is 360 g/mol. The van der Waals surface area contributed by atoms with Gasteiger partial charge in [-0.15, -0.1) is 0 Å². The summed E-state index contributed by atoms with van der Waals surface area (Å²) < 4.78 is 30.7. The average molecular weight is 391 g/mol. The van der Waals surface area contributed by atoms with Gasteiger partial charge in [0.1, 0.15) is 11.0 Å². The van der Waals surface area contributed by atoms with Crippen LogP contribution in [0.15, 0.2) is 28.9 Å². The van der Waals surface area contributed by atoms with Crippen LogP contribution >= 0.6 is 0 Å². The largest absolute Gasteiger partial charge is 0.507 e. The average Bonchev–Trinajstić information content (AvgIpc) is 3.10. The Balaban J connectivity index is 1.74. The van der Waals surface area contributed by atoms with Crippen molar-refractivity contribution in [1.82, 2.24) is 0 Å². The van der Waals surface area contributed by atoms with Crippen molar-refractivity contribution in [2.75, 3.05) is 12.4 Å². The first-order chi connectivity index (χ1) is 12.6. The number of hydrogen-bond acceptors (Lipinski definition) is 4. The predicted octanol–water partition coefficient (Wildman–Crippen LogP) is 4.34. The fraction of sp³-hybridized carbons (Fsp3) is 0.545. The van der Waals surface area contributed by atoms with Gasteiger partial charge in [0.2, 0.25) is 0 Å². The lowest BCUT2D eigenvalue weighted by atomic mass is 9.92. The van der Waals surface area contributed by atoms with Crippen molar-refractivity contribution in [3.63, 3.8) is 0 Å². The van der Waals surface area contributed by atoms with Gasteiger partial charge in [-0.3, -0.25) is 0 Å². The molecule has 2 heterocycles. The van der Waals surface area contributed by atoms with Gasteiger partial charge in [-0.2, -0.15) is 0 Å². The summed E-state index contributed by atoms with van der Waals surface area (Å²) in [5.41, 5.74) is 6.15. The Morgan fingerprint density at radius 1 is 1.30 bits per heavy atom. The lowest BCUT2D eigenvalue weighted by molar-refractivity contribution is 0.117. The second kappa shape index (κ2) is 7.44. The van der Waals surface area contributed by atoms with Crippen LogP contribution < -0.4 is 0 Å². The molecule has 2 atom stereocenters. The highest BCUT2D eigenvalue weighted by Gasteiger charge is 2.47. The zero-order chi connectivity index (χ0) is 19.9. The minimum absolute atomic E-state index is 0.0867. The number of aromatic hydroxyl groups is 1. The molecule has 1 fully saturated rings. The minimum atomic E-state index is -3.09. The molecule has 0 bridgehead atoms. The molecule has 0 saturated carbocycles. The number of rotatable bonds is 5. The van der Waals surface area contributed by atoms with Crippen molar-refractivity contribution in [2.45, 2.75) is 58.8 Å². The molecule has 0 aromatic heterocycles. The van der Waals surface area contributed by atoms with E-state index in [2.05, 4.69) is 26.8 Å². The van der Waals surface area contributed by atoms with E-state index in [4.69, 9.17) is 4.74 Å². The molecule has 1 aromatic rings. The summed E-state index contributed by atoms with van der Waals surface area (Å²) in [4.78, 5) is 0.